The molecular formula is C45H58N2O11. The Morgan fingerprint density at radius 2 is 1.43 bits per heavy atom. The number of hydrogen-bond acceptors (Lipinski definition) is 10. The number of anilines is 1. The van der Waals surface area contributed by atoms with Crippen LogP contribution in [0.3, 0.4) is 0 Å². The van der Waals surface area contributed by atoms with E-state index in [9.17, 15) is 29.4 Å². The average molecular weight is 803 g/mol. The summed E-state index contributed by atoms with van der Waals surface area (Å²) in [6.07, 6.45) is 5.10. The van der Waals surface area contributed by atoms with Gasteiger partial charge < -0.3 is 39.2 Å². The second-order valence-corrected chi connectivity index (χ2v) is 12.9. The highest BCUT2D eigenvalue weighted by molar-refractivity contribution is 5.97. The van der Waals surface area contributed by atoms with E-state index in [1.165, 1.54) is 6.92 Å². The molecule has 0 aromatic heterocycles. The minimum atomic E-state index is -1.28. The van der Waals surface area contributed by atoms with Crippen molar-refractivity contribution in [3.8, 4) is 17.6 Å². The quantitative estimate of drug-likeness (QED) is 0.0617. The molecule has 3 aromatic rings. The van der Waals surface area contributed by atoms with E-state index in [1.54, 1.807) is 12.1 Å². The second-order valence-electron chi connectivity index (χ2n) is 12.9. The number of aliphatic carboxylic acids is 2. The molecule has 13 nitrogen and oxygen atoms in total. The Labute approximate surface area is 341 Å². The van der Waals surface area contributed by atoms with Crippen molar-refractivity contribution in [2.75, 3.05) is 38.7 Å². The predicted octanol–water partition coefficient (Wildman–Crippen LogP) is 8.18. The molecule has 58 heavy (non-hydrogen) atoms. The number of ether oxygens (including phenoxy) is 5. The van der Waals surface area contributed by atoms with E-state index >= 15 is 0 Å². The zero-order chi connectivity index (χ0) is 42.7. The Morgan fingerprint density at radius 3 is 2.05 bits per heavy atom. The van der Waals surface area contributed by atoms with E-state index in [1.807, 2.05) is 101 Å². The number of rotatable bonds is 23. The third-order valence-electron chi connectivity index (χ3n) is 9.00. The summed E-state index contributed by atoms with van der Waals surface area (Å²) >= 11 is 0. The van der Waals surface area contributed by atoms with Gasteiger partial charge in [-0.25, -0.2) is 0 Å². The number of Topliss-reactive ketones (excluding diaryl/α,β-unsaturated/α-hetero) is 1. The Hall–Kier alpha value is -5.55. The van der Waals surface area contributed by atoms with E-state index in [-0.39, 0.29) is 25.8 Å². The van der Waals surface area contributed by atoms with E-state index in [0.717, 1.165) is 22.4 Å². The predicted molar refractivity (Wildman–Crippen MR) is 220 cm³/mol. The molecule has 1 aliphatic carbocycles. The molecule has 4 unspecified atom stereocenters. The number of benzene rings is 3. The molecule has 0 bridgehead atoms. The van der Waals surface area contributed by atoms with Gasteiger partial charge in [-0.05, 0) is 85.2 Å². The zero-order valence-corrected chi connectivity index (χ0v) is 34.2. The Kier molecular flexibility index (Phi) is 23.4. The molecule has 1 aliphatic rings. The number of carboxylic acid groups (broad SMARTS) is 2. The Bertz CT molecular complexity index is 1740. The van der Waals surface area contributed by atoms with Crippen molar-refractivity contribution in [2.24, 2.45) is 23.7 Å². The lowest BCUT2D eigenvalue weighted by molar-refractivity contribution is -0.148. The first-order valence-electron chi connectivity index (χ1n) is 19.7. The molecule has 0 saturated heterocycles. The average Bonchev–Trinajstić information content (AvgIpc) is 3.62. The largest absolute Gasteiger partial charge is 0.494 e. The number of ketones is 1. The molecule has 0 radical (unpaired) electrons. The number of nitrogens with one attached hydrogen (secondary N) is 1. The summed E-state index contributed by atoms with van der Waals surface area (Å²) < 4.78 is 28.0. The van der Waals surface area contributed by atoms with Crippen LogP contribution < -0.4 is 14.8 Å². The summed E-state index contributed by atoms with van der Waals surface area (Å²) in [6, 6.07) is 24.3. The fourth-order valence-electron chi connectivity index (χ4n) is 6.27. The number of nitriles is 1. The smallest absolute Gasteiger partial charge is 0.307 e. The number of carboxylic acids is 2. The van der Waals surface area contributed by atoms with Gasteiger partial charge in [0, 0.05) is 24.4 Å². The van der Waals surface area contributed by atoms with E-state index in [2.05, 4.69) is 11.4 Å². The van der Waals surface area contributed by atoms with Crippen molar-refractivity contribution in [1.82, 2.24) is 0 Å². The molecule has 1 saturated carbocycles. The highest BCUT2D eigenvalue weighted by atomic mass is 16.7. The minimum absolute atomic E-state index is 0.00846. The van der Waals surface area contributed by atoms with Crippen molar-refractivity contribution in [3.63, 3.8) is 0 Å². The molecule has 3 N–H and O–H groups in total. The summed E-state index contributed by atoms with van der Waals surface area (Å²) in [5.41, 5.74) is 3.40. The fraction of sp³-hybridized carbons (Fsp3) is 0.444. The van der Waals surface area contributed by atoms with E-state index in [4.69, 9.17) is 28.9 Å². The maximum absolute atomic E-state index is 13.1. The van der Waals surface area contributed by atoms with Crippen LogP contribution in [0, 0.1) is 35.0 Å². The molecular weight excluding hydrogens is 744 g/mol. The van der Waals surface area contributed by atoms with Gasteiger partial charge in [0.2, 0.25) is 5.91 Å². The standard InChI is InChI=1S/C41H46N2O11.2C2H6/c1-28(44)35-23-37(39(41(48)49)36(35)24-38(45)46)40(47)43-32-12-6-30(7-13-32)18-22-51-26-50-20-4-5-29-8-14-34(15-9-29)54-27-52-25-31-10-16-33(17-11-31)53-21-3-2-19-42;2*1-2/h4-17,35-37,39H,2-3,18,20-27H2,1H3,(H,43,47)(H,45,46)(H,48,49);2*1-2H3/b5-4+;;. The van der Waals surface area contributed by atoms with Gasteiger partial charge in [0.25, 0.3) is 0 Å². The van der Waals surface area contributed by atoms with Crippen LogP contribution in [0.4, 0.5) is 5.69 Å². The highest BCUT2D eigenvalue weighted by Gasteiger charge is 2.52. The molecule has 314 valence electrons. The van der Waals surface area contributed by atoms with Gasteiger partial charge in [0.15, 0.2) is 6.79 Å². The molecule has 1 fully saturated rings. The first kappa shape index (κ1) is 48.6. The SMILES string of the molecule is CC.CC.CC(=O)C1CC(C(=O)Nc2ccc(CCOCOC/C=C/c3ccc(OCOCc4ccc(OCCCC#N)cc4)cc3)cc2)C(C(=O)O)C1CC(=O)O. The van der Waals surface area contributed by atoms with Crippen molar-refractivity contribution in [1.29, 1.82) is 5.26 Å². The van der Waals surface area contributed by atoms with Crippen LogP contribution >= 0.6 is 0 Å². The van der Waals surface area contributed by atoms with Crippen LogP contribution in [0.1, 0.15) is 77.0 Å². The number of carbonyl (C=O) groups is 4. The van der Waals surface area contributed by atoms with Gasteiger partial charge in [0.1, 0.15) is 24.1 Å². The third-order valence-corrected chi connectivity index (χ3v) is 9.00. The van der Waals surface area contributed by atoms with Gasteiger partial charge in [-0.15, -0.1) is 0 Å². The molecule has 0 heterocycles. The van der Waals surface area contributed by atoms with Crippen molar-refractivity contribution in [3.05, 3.63) is 95.6 Å². The molecule has 0 spiro atoms. The van der Waals surface area contributed by atoms with Crippen LogP contribution in [0.2, 0.25) is 0 Å². The monoisotopic (exact) mass is 802 g/mol. The maximum atomic E-state index is 13.1. The van der Waals surface area contributed by atoms with Gasteiger partial charge in [-0.2, -0.15) is 5.26 Å². The normalized spacial score (nSPS) is 16.8. The lowest BCUT2D eigenvalue weighted by Crippen LogP contribution is -2.34. The molecule has 0 aliphatic heterocycles. The summed E-state index contributed by atoms with van der Waals surface area (Å²) in [7, 11) is 0. The van der Waals surface area contributed by atoms with E-state index < -0.39 is 47.9 Å². The zero-order valence-electron chi connectivity index (χ0n) is 34.2. The number of unbranched alkanes of at least 4 members (excludes halogenated alkanes) is 1. The molecule has 4 atom stereocenters. The third kappa shape index (κ3) is 17.3. The van der Waals surface area contributed by atoms with Crippen molar-refractivity contribution >= 4 is 35.4 Å². The summed E-state index contributed by atoms with van der Waals surface area (Å²) in [4.78, 5) is 48.6. The Morgan fingerprint density at radius 1 is 0.793 bits per heavy atom. The van der Waals surface area contributed by atoms with Crippen LogP contribution in [-0.2, 0) is 46.4 Å². The molecule has 4 rings (SSSR count). The lowest BCUT2D eigenvalue weighted by atomic mass is 9.83. The highest BCUT2D eigenvalue weighted by Crippen LogP contribution is 2.45. The lowest BCUT2D eigenvalue weighted by Gasteiger charge is -2.21. The topological polar surface area (TPSA) is 191 Å². The van der Waals surface area contributed by atoms with Crippen LogP contribution in [0.25, 0.3) is 6.08 Å². The van der Waals surface area contributed by atoms with Gasteiger partial charge in [-0.3, -0.25) is 19.2 Å². The van der Waals surface area contributed by atoms with Crippen molar-refractivity contribution in [2.45, 2.75) is 73.3 Å². The van der Waals surface area contributed by atoms with E-state index in [0.29, 0.717) is 57.1 Å². The summed E-state index contributed by atoms with van der Waals surface area (Å²) in [5, 5.41) is 30.4. The molecule has 13 heteroatoms. The van der Waals surface area contributed by atoms with Gasteiger partial charge in [0.05, 0.1) is 44.3 Å². The minimum Gasteiger partial charge on any atom is -0.494 e. The van der Waals surface area contributed by atoms with Gasteiger partial charge in [-0.1, -0.05) is 76.2 Å². The second kappa shape index (κ2) is 27.9. The number of carbonyl (C=O) groups excluding carboxylic acids is 2. The maximum Gasteiger partial charge on any atom is 0.307 e. The number of nitrogens with zero attached hydrogens (tertiary/aromatic N) is 1. The number of hydrogen-bond donors (Lipinski definition) is 3. The number of amides is 1. The van der Waals surface area contributed by atoms with Crippen molar-refractivity contribution < 1.29 is 53.1 Å². The Balaban J connectivity index is 0.00000281. The van der Waals surface area contributed by atoms with Crippen LogP contribution in [0.15, 0.2) is 78.9 Å². The summed E-state index contributed by atoms with van der Waals surface area (Å²) in [5.74, 6) is -5.95. The molecule has 3 aromatic carbocycles. The summed E-state index contributed by atoms with van der Waals surface area (Å²) in [6.45, 7) is 11.2. The fourth-order valence-corrected chi connectivity index (χ4v) is 6.27. The first-order chi connectivity index (χ1) is 28.1. The molecule has 1 amide bonds. The first-order valence-corrected chi connectivity index (χ1v) is 19.7. The van der Waals surface area contributed by atoms with Crippen LogP contribution in [-0.4, -0.2) is 67.2 Å². The van der Waals surface area contributed by atoms with Crippen LogP contribution in [0.5, 0.6) is 11.5 Å². The van der Waals surface area contributed by atoms with Gasteiger partial charge >= 0.3 is 11.9 Å².